The molecule has 1 aromatic rings. The molecular formula is C16H23N3O3. The highest BCUT2D eigenvalue weighted by atomic mass is 16.6. The molecule has 0 saturated carbocycles. The van der Waals surface area contributed by atoms with E-state index in [9.17, 15) is 14.9 Å². The van der Waals surface area contributed by atoms with E-state index in [4.69, 9.17) is 0 Å². The van der Waals surface area contributed by atoms with E-state index in [0.29, 0.717) is 18.7 Å². The van der Waals surface area contributed by atoms with Crippen LogP contribution in [0.5, 0.6) is 0 Å². The van der Waals surface area contributed by atoms with E-state index in [2.05, 4.69) is 16.8 Å². The van der Waals surface area contributed by atoms with Gasteiger partial charge in [0.05, 0.1) is 10.6 Å². The van der Waals surface area contributed by atoms with Gasteiger partial charge in [0.2, 0.25) is 5.91 Å². The topological polar surface area (TPSA) is 75.5 Å². The maximum atomic E-state index is 12.0. The van der Waals surface area contributed by atoms with Crippen LogP contribution in [-0.2, 0) is 4.79 Å². The summed E-state index contributed by atoms with van der Waals surface area (Å²) >= 11 is 0. The van der Waals surface area contributed by atoms with Crippen molar-refractivity contribution < 1.29 is 9.72 Å². The molecule has 1 aromatic carbocycles. The number of nitro groups is 1. The molecule has 1 rings (SSSR count). The molecule has 1 amide bonds. The molecule has 0 spiro atoms. The monoisotopic (exact) mass is 305 g/mol. The summed E-state index contributed by atoms with van der Waals surface area (Å²) in [5.41, 5.74) is 2.31. The standard InChI is InChI=1S/C16H23N3O3/c1-5-18(11-12(2)3)9-8-16(20)17-15-10-14(19(21)22)7-6-13(15)4/h6-7,10H,2,5,8-9,11H2,1,3-4H3,(H,17,20). The lowest BCUT2D eigenvalue weighted by Gasteiger charge is -2.20. The lowest BCUT2D eigenvalue weighted by atomic mass is 10.1. The van der Waals surface area contributed by atoms with Crippen LogP contribution in [0.2, 0.25) is 0 Å². The summed E-state index contributed by atoms with van der Waals surface area (Å²) in [6.07, 6.45) is 0.337. The molecule has 120 valence electrons. The second-order valence-electron chi connectivity index (χ2n) is 5.38. The molecule has 1 N–H and O–H groups in total. The van der Waals surface area contributed by atoms with Gasteiger partial charge in [-0.3, -0.25) is 19.8 Å². The first-order valence-corrected chi connectivity index (χ1v) is 7.25. The van der Waals surface area contributed by atoms with Crippen molar-refractivity contribution in [2.75, 3.05) is 25.0 Å². The number of amides is 1. The lowest BCUT2D eigenvalue weighted by molar-refractivity contribution is -0.384. The Bertz CT molecular complexity index is 570. The van der Waals surface area contributed by atoms with E-state index in [-0.39, 0.29) is 11.6 Å². The average Bonchev–Trinajstić information content (AvgIpc) is 2.45. The molecule has 0 fully saturated rings. The van der Waals surface area contributed by atoms with Crippen LogP contribution in [0.15, 0.2) is 30.4 Å². The number of nitrogens with zero attached hydrogens (tertiary/aromatic N) is 2. The van der Waals surface area contributed by atoms with Gasteiger partial charge in [0.25, 0.3) is 5.69 Å². The normalized spacial score (nSPS) is 10.5. The quantitative estimate of drug-likeness (QED) is 0.455. The van der Waals surface area contributed by atoms with Crippen LogP contribution in [-0.4, -0.2) is 35.4 Å². The van der Waals surface area contributed by atoms with Crippen molar-refractivity contribution in [3.05, 3.63) is 46.0 Å². The number of nitro benzene ring substituents is 1. The number of carbonyl (C=O) groups excluding carboxylic acids is 1. The Hall–Kier alpha value is -2.21. The van der Waals surface area contributed by atoms with E-state index in [1.54, 1.807) is 13.0 Å². The summed E-state index contributed by atoms with van der Waals surface area (Å²) in [4.78, 5) is 24.5. The molecular weight excluding hydrogens is 282 g/mol. The molecule has 0 aliphatic carbocycles. The Labute approximate surface area is 131 Å². The Kier molecular flexibility index (Phi) is 6.72. The Morgan fingerprint density at radius 2 is 2.14 bits per heavy atom. The molecule has 6 heteroatoms. The van der Waals surface area contributed by atoms with Gasteiger partial charge < -0.3 is 5.32 Å². The smallest absolute Gasteiger partial charge is 0.271 e. The third-order valence-corrected chi connectivity index (χ3v) is 3.30. The number of anilines is 1. The predicted octanol–water partition coefficient (Wildman–Crippen LogP) is 3.13. The number of benzene rings is 1. The lowest BCUT2D eigenvalue weighted by Crippen LogP contribution is -2.29. The van der Waals surface area contributed by atoms with Crippen LogP contribution >= 0.6 is 0 Å². The van der Waals surface area contributed by atoms with Crippen molar-refractivity contribution >= 4 is 17.3 Å². The summed E-state index contributed by atoms with van der Waals surface area (Å²) in [6.45, 7) is 11.9. The second-order valence-corrected chi connectivity index (χ2v) is 5.38. The zero-order chi connectivity index (χ0) is 16.7. The number of hydrogen-bond acceptors (Lipinski definition) is 4. The number of hydrogen-bond donors (Lipinski definition) is 1. The summed E-state index contributed by atoms with van der Waals surface area (Å²) in [7, 11) is 0. The van der Waals surface area contributed by atoms with E-state index in [1.807, 2.05) is 13.8 Å². The Balaban J connectivity index is 2.63. The first kappa shape index (κ1) is 17.8. The molecule has 0 aliphatic heterocycles. The largest absolute Gasteiger partial charge is 0.326 e. The molecule has 0 aliphatic rings. The van der Waals surface area contributed by atoms with Gasteiger partial charge >= 0.3 is 0 Å². The van der Waals surface area contributed by atoms with Crippen molar-refractivity contribution in [1.82, 2.24) is 4.90 Å². The molecule has 0 heterocycles. The molecule has 0 bridgehead atoms. The highest BCUT2D eigenvalue weighted by molar-refractivity contribution is 5.92. The Morgan fingerprint density at radius 1 is 1.45 bits per heavy atom. The van der Waals surface area contributed by atoms with Crippen molar-refractivity contribution in [2.24, 2.45) is 0 Å². The van der Waals surface area contributed by atoms with Crippen LogP contribution in [0.4, 0.5) is 11.4 Å². The maximum Gasteiger partial charge on any atom is 0.271 e. The maximum absolute atomic E-state index is 12.0. The zero-order valence-electron chi connectivity index (χ0n) is 13.4. The minimum Gasteiger partial charge on any atom is -0.326 e. The minimum absolute atomic E-state index is 0.0293. The highest BCUT2D eigenvalue weighted by Crippen LogP contribution is 2.21. The van der Waals surface area contributed by atoms with Gasteiger partial charge in [-0.15, -0.1) is 0 Å². The van der Waals surface area contributed by atoms with Crippen molar-refractivity contribution in [2.45, 2.75) is 27.2 Å². The fourth-order valence-corrected chi connectivity index (χ4v) is 2.06. The first-order valence-electron chi connectivity index (χ1n) is 7.25. The summed E-state index contributed by atoms with van der Waals surface area (Å²) in [5.74, 6) is -0.149. The fourth-order valence-electron chi connectivity index (χ4n) is 2.06. The van der Waals surface area contributed by atoms with Gasteiger partial charge in [0.1, 0.15) is 0 Å². The first-order chi connectivity index (χ1) is 10.3. The van der Waals surface area contributed by atoms with Crippen LogP contribution in [0, 0.1) is 17.0 Å². The van der Waals surface area contributed by atoms with Crippen molar-refractivity contribution in [3.8, 4) is 0 Å². The predicted molar refractivity (Wildman–Crippen MR) is 88.0 cm³/mol. The summed E-state index contributed by atoms with van der Waals surface area (Å²) in [6, 6.07) is 4.45. The van der Waals surface area contributed by atoms with Crippen LogP contribution in [0.1, 0.15) is 25.8 Å². The molecule has 0 unspecified atom stereocenters. The van der Waals surface area contributed by atoms with E-state index in [0.717, 1.165) is 24.2 Å². The number of likely N-dealkylation sites (N-methyl/N-ethyl adjacent to an activating group) is 1. The zero-order valence-corrected chi connectivity index (χ0v) is 13.4. The Morgan fingerprint density at radius 3 is 2.68 bits per heavy atom. The van der Waals surface area contributed by atoms with E-state index in [1.165, 1.54) is 12.1 Å². The summed E-state index contributed by atoms with van der Waals surface area (Å²) in [5, 5.41) is 13.5. The fraction of sp³-hybridized carbons (Fsp3) is 0.438. The molecule has 0 aromatic heterocycles. The molecule has 0 atom stereocenters. The average molecular weight is 305 g/mol. The van der Waals surface area contributed by atoms with Crippen molar-refractivity contribution in [1.29, 1.82) is 0 Å². The second kappa shape index (κ2) is 8.29. The van der Waals surface area contributed by atoms with Crippen LogP contribution < -0.4 is 5.32 Å². The molecule has 0 radical (unpaired) electrons. The van der Waals surface area contributed by atoms with E-state index >= 15 is 0 Å². The van der Waals surface area contributed by atoms with Gasteiger partial charge in [-0.1, -0.05) is 25.1 Å². The summed E-state index contributed by atoms with van der Waals surface area (Å²) < 4.78 is 0. The van der Waals surface area contributed by atoms with Gasteiger partial charge in [-0.25, -0.2) is 0 Å². The number of aryl methyl sites for hydroxylation is 1. The number of carbonyl (C=O) groups is 1. The van der Waals surface area contributed by atoms with Gasteiger partial charge in [-0.2, -0.15) is 0 Å². The van der Waals surface area contributed by atoms with Crippen LogP contribution in [0.25, 0.3) is 0 Å². The third-order valence-electron chi connectivity index (χ3n) is 3.30. The van der Waals surface area contributed by atoms with Gasteiger partial charge in [0.15, 0.2) is 0 Å². The van der Waals surface area contributed by atoms with Crippen LogP contribution in [0.3, 0.4) is 0 Å². The minimum atomic E-state index is -0.471. The molecule has 6 nitrogen and oxygen atoms in total. The van der Waals surface area contributed by atoms with E-state index < -0.39 is 4.92 Å². The molecule has 22 heavy (non-hydrogen) atoms. The number of nitrogens with one attached hydrogen (secondary N) is 1. The third kappa shape index (κ3) is 5.65. The SMILES string of the molecule is C=C(C)CN(CC)CCC(=O)Nc1cc([N+](=O)[O-])ccc1C. The van der Waals surface area contributed by atoms with Gasteiger partial charge in [-0.05, 0) is 26.0 Å². The highest BCUT2D eigenvalue weighted by Gasteiger charge is 2.12. The van der Waals surface area contributed by atoms with Gasteiger partial charge in [0, 0.05) is 31.6 Å². The van der Waals surface area contributed by atoms with Crippen molar-refractivity contribution in [3.63, 3.8) is 0 Å². The number of non-ortho nitro benzene ring substituents is 1. The number of rotatable bonds is 8. The molecule has 0 saturated heterocycles.